The topological polar surface area (TPSA) is 146 Å². The van der Waals surface area contributed by atoms with Gasteiger partial charge in [0.2, 0.25) is 17.7 Å². The number of rotatable bonds is 18. The van der Waals surface area contributed by atoms with Crippen LogP contribution in [-0.2, 0) is 32.1 Å². The number of carbonyl (C=O) groups is 4. The molecule has 0 aliphatic carbocycles. The van der Waals surface area contributed by atoms with Crippen molar-refractivity contribution in [1.82, 2.24) is 20.4 Å². The lowest BCUT2D eigenvalue weighted by atomic mass is 10.0. The number of amides is 4. The lowest BCUT2D eigenvalue weighted by Gasteiger charge is -2.25. The highest BCUT2D eigenvalue weighted by Gasteiger charge is 2.26. The Labute approximate surface area is 268 Å². The normalized spacial score (nSPS) is 12.4. The van der Waals surface area contributed by atoms with E-state index in [1.807, 2.05) is 58.0 Å². The molecule has 0 aliphatic heterocycles. The lowest BCUT2D eigenvalue weighted by Crippen LogP contribution is -2.53. The fourth-order valence-corrected chi connectivity index (χ4v) is 4.62. The van der Waals surface area contributed by atoms with Crippen LogP contribution in [0.2, 0.25) is 0 Å². The number of ether oxygens (including phenoxy) is 1. The van der Waals surface area contributed by atoms with E-state index in [0.717, 1.165) is 17.5 Å². The van der Waals surface area contributed by atoms with Crippen LogP contribution >= 0.6 is 0 Å². The standard InChI is InChI=1S/C34H52N6O5/c1-24(2)33(43)39(5)20-21-40(6)34(44)45-23-27-15-17-28(18-16-27)37-31(41)29(14-10-11-19-35)38-32(42)30(36-25(3)4)22-26-12-8-7-9-13-26/h7-9,12-13,15-18,24-25,29-30,36H,10-11,14,19-23,35H2,1-6H3,(H,37,41)(H,38,42)/t29-,30-/m0/s1. The van der Waals surface area contributed by atoms with E-state index in [-0.39, 0.29) is 36.3 Å². The number of carbonyl (C=O) groups excluding carboxylic acids is 4. The van der Waals surface area contributed by atoms with Crippen LogP contribution in [0.25, 0.3) is 0 Å². The highest BCUT2D eigenvalue weighted by molar-refractivity contribution is 5.97. The van der Waals surface area contributed by atoms with E-state index >= 15 is 0 Å². The number of anilines is 1. The Bertz CT molecular complexity index is 1210. The second kappa shape index (κ2) is 19.4. The second-order valence-corrected chi connectivity index (χ2v) is 12.0. The molecule has 0 saturated carbocycles. The van der Waals surface area contributed by atoms with Gasteiger partial charge in [0, 0.05) is 44.8 Å². The Kier molecular flexibility index (Phi) is 16.1. The van der Waals surface area contributed by atoms with Crippen LogP contribution in [0.1, 0.15) is 58.1 Å². The number of likely N-dealkylation sites (N-methyl/N-ethyl adjacent to an activating group) is 2. The Morgan fingerprint density at radius 1 is 0.800 bits per heavy atom. The van der Waals surface area contributed by atoms with Crippen molar-refractivity contribution >= 4 is 29.5 Å². The summed E-state index contributed by atoms with van der Waals surface area (Å²) < 4.78 is 5.41. The Morgan fingerprint density at radius 2 is 1.44 bits per heavy atom. The summed E-state index contributed by atoms with van der Waals surface area (Å²) in [6, 6.07) is 15.6. The molecule has 11 heteroatoms. The third-order valence-electron chi connectivity index (χ3n) is 7.25. The highest BCUT2D eigenvalue weighted by Crippen LogP contribution is 2.14. The molecule has 0 fully saturated rings. The fourth-order valence-electron chi connectivity index (χ4n) is 4.62. The predicted molar refractivity (Wildman–Crippen MR) is 177 cm³/mol. The first-order valence-corrected chi connectivity index (χ1v) is 15.7. The van der Waals surface area contributed by atoms with Gasteiger partial charge < -0.3 is 36.2 Å². The molecular weight excluding hydrogens is 572 g/mol. The summed E-state index contributed by atoms with van der Waals surface area (Å²) in [7, 11) is 3.34. The molecule has 4 amide bonds. The summed E-state index contributed by atoms with van der Waals surface area (Å²) in [5, 5.41) is 9.20. The first kappa shape index (κ1) is 37.2. The van der Waals surface area contributed by atoms with Gasteiger partial charge in [0.15, 0.2) is 0 Å². The molecule has 0 aliphatic rings. The maximum absolute atomic E-state index is 13.4. The van der Waals surface area contributed by atoms with Gasteiger partial charge in [-0.25, -0.2) is 4.79 Å². The number of hydrogen-bond donors (Lipinski definition) is 4. The predicted octanol–water partition coefficient (Wildman–Crippen LogP) is 3.53. The third-order valence-corrected chi connectivity index (χ3v) is 7.25. The van der Waals surface area contributed by atoms with Gasteiger partial charge in [0.25, 0.3) is 0 Å². The molecule has 5 N–H and O–H groups in total. The number of nitrogens with zero attached hydrogens (tertiary/aromatic N) is 2. The van der Waals surface area contributed by atoms with E-state index in [0.29, 0.717) is 44.6 Å². The molecule has 0 unspecified atom stereocenters. The zero-order valence-electron chi connectivity index (χ0n) is 27.7. The molecule has 0 radical (unpaired) electrons. The van der Waals surface area contributed by atoms with Crippen molar-refractivity contribution in [3.63, 3.8) is 0 Å². The molecule has 248 valence electrons. The maximum Gasteiger partial charge on any atom is 0.409 e. The zero-order valence-corrected chi connectivity index (χ0v) is 27.7. The molecule has 0 spiro atoms. The minimum atomic E-state index is -0.734. The van der Waals surface area contributed by atoms with Gasteiger partial charge >= 0.3 is 6.09 Å². The lowest BCUT2D eigenvalue weighted by molar-refractivity contribution is -0.133. The Hall–Kier alpha value is -3.96. The van der Waals surface area contributed by atoms with Crippen LogP contribution in [0.5, 0.6) is 0 Å². The summed E-state index contributed by atoms with van der Waals surface area (Å²) in [5.74, 6) is -0.639. The van der Waals surface area contributed by atoms with Crippen LogP contribution in [0, 0.1) is 5.92 Å². The molecule has 0 aromatic heterocycles. The third kappa shape index (κ3) is 13.7. The second-order valence-electron chi connectivity index (χ2n) is 12.0. The highest BCUT2D eigenvalue weighted by atomic mass is 16.6. The molecule has 2 atom stereocenters. The molecule has 2 rings (SSSR count). The van der Waals surface area contributed by atoms with Gasteiger partial charge in [0.1, 0.15) is 12.6 Å². The molecular formula is C34H52N6O5. The summed E-state index contributed by atoms with van der Waals surface area (Å²) in [6.07, 6.45) is 1.90. The molecule has 0 bridgehead atoms. The monoisotopic (exact) mass is 624 g/mol. The van der Waals surface area contributed by atoms with Crippen molar-refractivity contribution < 1.29 is 23.9 Å². The van der Waals surface area contributed by atoms with Crippen molar-refractivity contribution in [3.05, 3.63) is 65.7 Å². The van der Waals surface area contributed by atoms with Gasteiger partial charge in [-0.3, -0.25) is 14.4 Å². The average Bonchev–Trinajstić information content (AvgIpc) is 3.01. The maximum atomic E-state index is 13.4. The molecule has 2 aromatic rings. The van der Waals surface area contributed by atoms with Crippen molar-refractivity contribution in [3.8, 4) is 0 Å². The van der Waals surface area contributed by atoms with Gasteiger partial charge in [-0.1, -0.05) is 70.2 Å². The molecule has 11 nitrogen and oxygen atoms in total. The van der Waals surface area contributed by atoms with Crippen molar-refractivity contribution in [1.29, 1.82) is 0 Å². The van der Waals surface area contributed by atoms with Gasteiger partial charge in [0.05, 0.1) is 6.04 Å². The van der Waals surface area contributed by atoms with E-state index in [1.54, 1.807) is 43.3 Å². The molecule has 0 saturated heterocycles. The Balaban J connectivity index is 1.96. The smallest absolute Gasteiger partial charge is 0.409 e. The van der Waals surface area contributed by atoms with Crippen LogP contribution in [0.15, 0.2) is 54.6 Å². The van der Waals surface area contributed by atoms with Crippen LogP contribution < -0.4 is 21.7 Å². The van der Waals surface area contributed by atoms with E-state index in [9.17, 15) is 19.2 Å². The van der Waals surface area contributed by atoms with Gasteiger partial charge in [-0.15, -0.1) is 0 Å². The SMILES string of the molecule is CC(C)N[C@@H](Cc1ccccc1)C(=O)N[C@@H](CCCCN)C(=O)Nc1ccc(COC(=O)N(C)CCN(C)C(=O)C(C)C)cc1. The summed E-state index contributed by atoms with van der Waals surface area (Å²) in [5.41, 5.74) is 8.01. The summed E-state index contributed by atoms with van der Waals surface area (Å²) >= 11 is 0. The average molecular weight is 625 g/mol. The fraction of sp³-hybridized carbons (Fsp3) is 0.529. The molecule has 0 heterocycles. The molecule has 45 heavy (non-hydrogen) atoms. The first-order chi connectivity index (χ1) is 21.4. The summed E-state index contributed by atoms with van der Waals surface area (Å²) in [4.78, 5) is 54.2. The number of benzene rings is 2. The number of hydrogen-bond acceptors (Lipinski definition) is 7. The largest absolute Gasteiger partial charge is 0.445 e. The van der Waals surface area contributed by atoms with E-state index in [2.05, 4.69) is 16.0 Å². The van der Waals surface area contributed by atoms with Crippen molar-refractivity contribution in [2.75, 3.05) is 39.0 Å². The van der Waals surface area contributed by atoms with E-state index < -0.39 is 18.2 Å². The number of unbranched alkanes of at least 4 members (excludes halogenated alkanes) is 1. The zero-order chi connectivity index (χ0) is 33.4. The van der Waals surface area contributed by atoms with Crippen LogP contribution in [0.3, 0.4) is 0 Å². The number of nitrogens with two attached hydrogens (primary N) is 1. The van der Waals surface area contributed by atoms with Crippen molar-refractivity contribution in [2.24, 2.45) is 11.7 Å². The molecule has 2 aromatic carbocycles. The van der Waals surface area contributed by atoms with Gasteiger partial charge in [-0.2, -0.15) is 0 Å². The minimum Gasteiger partial charge on any atom is -0.445 e. The van der Waals surface area contributed by atoms with Gasteiger partial charge in [-0.05, 0) is 55.5 Å². The quantitative estimate of drug-likeness (QED) is 0.186. The minimum absolute atomic E-state index is 0.0172. The van der Waals surface area contributed by atoms with E-state index in [1.165, 1.54) is 4.90 Å². The van der Waals surface area contributed by atoms with E-state index in [4.69, 9.17) is 10.5 Å². The first-order valence-electron chi connectivity index (χ1n) is 15.7. The van der Waals surface area contributed by atoms with Crippen LogP contribution in [-0.4, -0.2) is 85.5 Å². The van der Waals surface area contributed by atoms with Crippen molar-refractivity contribution in [2.45, 2.75) is 78.1 Å². The van der Waals surface area contributed by atoms with Crippen LogP contribution in [0.4, 0.5) is 10.5 Å². The Morgan fingerprint density at radius 3 is 2.04 bits per heavy atom. The summed E-state index contributed by atoms with van der Waals surface area (Å²) in [6.45, 7) is 8.96. The number of nitrogens with one attached hydrogen (secondary N) is 3.